The van der Waals surface area contributed by atoms with Crippen LogP contribution < -0.4 is 10.6 Å². The topological polar surface area (TPSA) is 58.5 Å². The van der Waals surface area contributed by atoms with Gasteiger partial charge in [-0.15, -0.1) is 11.3 Å². The third kappa shape index (κ3) is 6.29. The van der Waals surface area contributed by atoms with Crippen LogP contribution in [0.25, 0.3) is 0 Å². The Kier molecular flexibility index (Phi) is 7.71. The Morgan fingerprint density at radius 3 is 2.75 bits per heavy atom. The SMILES string of the molecule is CN=C(NCCCOC(C)c1ccccc1)NCc1ncc(C)s1. The van der Waals surface area contributed by atoms with Crippen LogP contribution in [0.2, 0.25) is 0 Å². The van der Waals surface area contributed by atoms with Gasteiger partial charge in [-0.05, 0) is 25.8 Å². The highest BCUT2D eigenvalue weighted by Crippen LogP contribution is 2.15. The zero-order chi connectivity index (χ0) is 17.2. The van der Waals surface area contributed by atoms with Gasteiger partial charge in [0.1, 0.15) is 5.01 Å². The summed E-state index contributed by atoms with van der Waals surface area (Å²) < 4.78 is 5.87. The quantitative estimate of drug-likeness (QED) is 0.437. The van der Waals surface area contributed by atoms with Gasteiger partial charge in [-0.1, -0.05) is 30.3 Å². The molecule has 0 spiro atoms. The van der Waals surface area contributed by atoms with Gasteiger partial charge in [-0.25, -0.2) is 4.98 Å². The molecule has 0 radical (unpaired) electrons. The summed E-state index contributed by atoms with van der Waals surface area (Å²) in [6.07, 6.45) is 2.94. The highest BCUT2D eigenvalue weighted by atomic mass is 32.1. The van der Waals surface area contributed by atoms with E-state index < -0.39 is 0 Å². The van der Waals surface area contributed by atoms with Gasteiger partial charge in [-0.3, -0.25) is 4.99 Å². The summed E-state index contributed by atoms with van der Waals surface area (Å²) in [6, 6.07) is 10.3. The number of benzene rings is 1. The molecular weight excluding hydrogens is 320 g/mol. The van der Waals surface area contributed by atoms with E-state index in [9.17, 15) is 0 Å². The number of hydrogen-bond donors (Lipinski definition) is 2. The number of guanidine groups is 1. The Hall–Kier alpha value is -1.92. The normalized spacial score (nSPS) is 12.9. The summed E-state index contributed by atoms with van der Waals surface area (Å²) in [4.78, 5) is 9.78. The highest BCUT2D eigenvalue weighted by Gasteiger charge is 2.05. The molecule has 1 aromatic carbocycles. The van der Waals surface area contributed by atoms with Gasteiger partial charge in [0.2, 0.25) is 0 Å². The number of ether oxygens (including phenoxy) is 1. The van der Waals surface area contributed by atoms with Crippen LogP contribution in [0.15, 0.2) is 41.5 Å². The van der Waals surface area contributed by atoms with Crippen LogP contribution in [0.1, 0.15) is 34.9 Å². The van der Waals surface area contributed by atoms with Gasteiger partial charge in [0.25, 0.3) is 0 Å². The van der Waals surface area contributed by atoms with Crippen LogP contribution in [0.3, 0.4) is 0 Å². The summed E-state index contributed by atoms with van der Waals surface area (Å²) in [5, 5.41) is 7.63. The summed E-state index contributed by atoms with van der Waals surface area (Å²) >= 11 is 1.70. The van der Waals surface area contributed by atoms with Crippen molar-refractivity contribution in [3.05, 3.63) is 52.0 Å². The van der Waals surface area contributed by atoms with Crippen molar-refractivity contribution in [3.8, 4) is 0 Å². The maximum atomic E-state index is 5.87. The smallest absolute Gasteiger partial charge is 0.191 e. The molecule has 6 heteroatoms. The predicted molar refractivity (Wildman–Crippen MR) is 100 cm³/mol. The third-order valence-electron chi connectivity index (χ3n) is 3.55. The van der Waals surface area contributed by atoms with E-state index in [4.69, 9.17) is 4.74 Å². The standard InChI is InChI=1S/C18H26N4OS/c1-14-12-21-17(24-14)13-22-18(19-3)20-10-7-11-23-15(2)16-8-5-4-6-9-16/h4-6,8-9,12,15H,7,10-11,13H2,1-3H3,(H2,19,20,22). The number of nitrogens with one attached hydrogen (secondary N) is 2. The number of thiazole rings is 1. The third-order valence-corrected chi connectivity index (χ3v) is 4.46. The van der Waals surface area contributed by atoms with Gasteiger partial charge >= 0.3 is 0 Å². The van der Waals surface area contributed by atoms with Gasteiger partial charge < -0.3 is 15.4 Å². The minimum atomic E-state index is 0.122. The van der Waals surface area contributed by atoms with Crippen LogP contribution >= 0.6 is 11.3 Å². The minimum absolute atomic E-state index is 0.122. The van der Waals surface area contributed by atoms with Crippen molar-refractivity contribution in [1.29, 1.82) is 0 Å². The first-order valence-electron chi connectivity index (χ1n) is 8.21. The number of aliphatic imine (C=N–C) groups is 1. The highest BCUT2D eigenvalue weighted by molar-refractivity contribution is 7.11. The molecule has 5 nitrogen and oxygen atoms in total. The second-order valence-corrected chi connectivity index (χ2v) is 6.81. The Morgan fingerprint density at radius 1 is 1.29 bits per heavy atom. The van der Waals surface area contributed by atoms with Crippen molar-refractivity contribution in [3.63, 3.8) is 0 Å². The number of rotatable bonds is 8. The van der Waals surface area contributed by atoms with E-state index in [0.29, 0.717) is 13.2 Å². The van der Waals surface area contributed by atoms with Crippen LogP contribution in [0.5, 0.6) is 0 Å². The summed E-state index contributed by atoms with van der Waals surface area (Å²) in [5.41, 5.74) is 1.21. The van der Waals surface area contributed by atoms with E-state index in [1.54, 1.807) is 18.4 Å². The molecule has 1 aromatic heterocycles. The van der Waals surface area contributed by atoms with E-state index in [2.05, 4.69) is 46.6 Å². The van der Waals surface area contributed by atoms with Crippen molar-refractivity contribution in [1.82, 2.24) is 15.6 Å². The first-order valence-corrected chi connectivity index (χ1v) is 9.03. The number of nitrogens with zero attached hydrogens (tertiary/aromatic N) is 2. The first-order chi connectivity index (χ1) is 11.7. The lowest BCUT2D eigenvalue weighted by molar-refractivity contribution is 0.0646. The monoisotopic (exact) mass is 346 g/mol. The van der Waals surface area contributed by atoms with E-state index >= 15 is 0 Å². The molecule has 2 N–H and O–H groups in total. The van der Waals surface area contributed by atoms with Gasteiger partial charge in [-0.2, -0.15) is 0 Å². The summed E-state index contributed by atoms with van der Waals surface area (Å²) in [7, 11) is 1.77. The molecule has 0 aliphatic heterocycles. The molecule has 0 saturated heterocycles. The number of hydrogen-bond acceptors (Lipinski definition) is 4. The van der Waals surface area contributed by atoms with Gasteiger partial charge in [0.15, 0.2) is 5.96 Å². The average Bonchev–Trinajstić information content (AvgIpc) is 3.03. The molecule has 24 heavy (non-hydrogen) atoms. The lowest BCUT2D eigenvalue weighted by Gasteiger charge is -2.14. The fraction of sp³-hybridized carbons (Fsp3) is 0.444. The van der Waals surface area contributed by atoms with Crippen LogP contribution in [0, 0.1) is 6.92 Å². The van der Waals surface area contributed by atoms with E-state index in [1.165, 1.54) is 10.4 Å². The molecule has 1 atom stereocenters. The zero-order valence-electron chi connectivity index (χ0n) is 14.6. The van der Waals surface area contributed by atoms with E-state index in [1.807, 2.05) is 24.4 Å². The second-order valence-electron chi connectivity index (χ2n) is 5.49. The van der Waals surface area contributed by atoms with E-state index in [0.717, 1.165) is 23.9 Å². The average molecular weight is 347 g/mol. The minimum Gasteiger partial charge on any atom is -0.374 e. The fourth-order valence-electron chi connectivity index (χ4n) is 2.22. The van der Waals surface area contributed by atoms with Crippen molar-refractivity contribution < 1.29 is 4.74 Å². The maximum absolute atomic E-state index is 5.87. The fourth-order valence-corrected chi connectivity index (χ4v) is 2.95. The van der Waals surface area contributed by atoms with Crippen molar-refractivity contribution >= 4 is 17.3 Å². The molecule has 130 valence electrons. The molecule has 1 heterocycles. The number of aromatic nitrogens is 1. The molecule has 0 saturated carbocycles. The van der Waals surface area contributed by atoms with Crippen LogP contribution in [-0.2, 0) is 11.3 Å². The molecule has 0 fully saturated rings. The first kappa shape index (κ1) is 18.4. The summed E-state index contributed by atoms with van der Waals surface area (Å²) in [6.45, 7) is 6.37. The largest absolute Gasteiger partial charge is 0.374 e. The number of aryl methyl sites for hydroxylation is 1. The lowest BCUT2D eigenvalue weighted by atomic mass is 10.1. The molecule has 0 bridgehead atoms. The van der Waals surface area contributed by atoms with Crippen molar-refractivity contribution in [2.45, 2.75) is 32.9 Å². The molecule has 0 amide bonds. The Balaban J connectivity index is 1.60. The van der Waals surface area contributed by atoms with Gasteiger partial charge in [0, 0.05) is 31.3 Å². The predicted octanol–water partition coefficient (Wildman–Crippen LogP) is 3.28. The Labute approximate surface area is 148 Å². The molecule has 0 aliphatic carbocycles. The van der Waals surface area contributed by atoms with E-state index in [-0.39, 0.29) is 6.10 Å². The lowest BCUT2D eigenvalue weighted by Crippen LogP contribution is -2.37. The second kappa shape index (κ2) is 10.1. The molecule has 0 aliphatic rings. The summed E-state index contributed by atoms with van der Waals surface area (Å²) in [5.74, 6) is 0.791. The Bertz CT molecular complexity index is 627. The molecule has 2 rings (SSSR count). The van der Waals surface area contributed by atoms with Crippen molar-refractivity contribution in [2.75, 3.05) is 20.2 Å². The Morgan fingerprint density at radius 2 is 2.08 bits per heavy atom. The van der Waals surface area contributed by atoms with Crippen LogP contribution in [0.4, 0.5) is 0 Å². The van der Waals surface area contributed by atoms with Crippen molar-refractivity contribution in [2.24, 2.45) is 4.99 Å². The maximum Gasteiger partial charge on any atom is 0.191 e. The molecule has 1 unspecified atom stereocenters. The van der Waals surface area contributed by atoms with Crippen LogP contribution in [-0.4, -0.2) is 31.1 Å². The van der Waals surface area contributed by atoms with Gasteiger partial charge in [0.05, 0.1) is 12.6 Å². The zero-order valence-corrected chi connectivity index (χ0v) is 15.4. The molecule has 2 aromatic rings. The molecular formula is C18H26N4OS.